The van der Waals surface area contributed by atoms with E-state index >= 15 is 0 Å². The lowest BCUT2D eigenvalue weighted by Crippen LogP contribution is -2.42. The smallest absolute Gasteiger partial charge is 0.318 e. The zero-order chi connectivity index (χ0) is 9.56. The van der Waals surface area contributed by atoms with Crippen LogP contribution in [0.2, 0.25) is 0 Å². The largest absolute Gasteiger partial charge is 0.336 e. The number of carbonyl (C=O) groups is 1. The first-order valence-electron chi connectivity index (χ1n) is 4.04. The molecule has 12 heavy (non-hydrogen) atoms. The van der Waals surface area contributed by atoms with Crippen molar-refractivity contribution in [1.82, 2.24) is 10.2 Å². The Morgan fingerprint density at radius 3 is 2.58 bits per heavy atom. The molecule has 0 atom stereocenters. The van der Waals surface area contributed by atoms with Gasteiger partial charge in [0, 0.05) is 12.6 Å². The van der Waals surface area contributed by atoms with Gasteiger partial charge >= 0.3 is 6.03 Å². The van der Waals surface area contributed by atoms with Crippen LogP contribution in [-0.2, 0) is 0 Å². The Labute approximate surface area is 73.2 Å². The van der Waals surface area contributed by atoms with E-state index in [0.29, 0.717) is 6.54 Å². The summed E-state index contributed by atoms with van der Waals surface area (Å²) in [4.78, 5) is 12.7. The molecule has 1 N–H and O–H groups in total. The first-order valence-corrected chi connectivity index (χ1v) is 4.04. The average Bonchev–Trinajstić information content (AvgIpc) is 1.98. The summed E-state index contributed by atoms with van der Waals surface area (Å²) in [6, 6.07) is 1.88. The summed E-state index contributed by atoms with van der Waals surface area (Å²) in [5.74, 6) is 0. The second-order valence-corrected chi connectivity index (χ2v) is 2.78. The van der Waals surface area contributed by atoms with E-state index in [-0.39, 0.29) is 18.6 Å². The van der Waals surface area contributed by atoms with E-state index in [4.69, 9.17) is 5.26 Å². The molecule has 0 aliphatic carbocycles. The maximum atomic E-state index is 11.2. The summed E-state index contributed by atoms with van der Waals surface area (Å²) in [5, 5.41) is 11.1. The van der Waals surface area contributed by atoms with Crippen molar-refractivity contribution in [2.45, 2.75) is 26.8 Å². The van der Waals surface area contributed by atoms with Crippen LogP contribution in [0.25, 0.3) is 0 Å². The second kappa shape index (κ2) is 5.42. The van der Waals surface area contributed by atoms with E-state index in [9.17, 15) is 4.79 Å². The average molecular weight is 169 g/mol. The van der Waals surface area contributed by atoms with Crippen molar-refractivity contribution in [1.29, 1.82) is 5.26 Å². The van der Waals surface area contributed by atoms with Crippen molar-refractivity contribution < 1.29 is 4.79 Å². The number of nitriles is 1. The summed E-state index contributed by atoms with van der Waals surface area (Å²) in [6.07, 6.45) is 0. The summed E-state index contributed by atoms with van der Waals surface area (Å²) >= 11 is 0. The third kappa shape index (κ3) is 3.81. The Hall–Kier alpha value is -1.24. The first kappa shape index (κ1) is 10.8. The molecule has 4 heteroatoms. The fraction of sp³-hybridized carbons (Fsp3) is 0.750. The highest BCUT2D eigenvalue weighted by Gasteiger charge is 2.10. The SMILES string of the molecule is CCN(CC#N)C(=O)NC(C)C. The van der Waals surface area contributed by atoms with E-state index in [0.717, 1.165) is 0 Å². The lowest BCUT2D eigenvalue weighted by molar-refractivity contribution is 0.204. The molecule has 4 nitrogen and oxygen atoms in total. The number of hydrogen-bond donors (Lipinski definition) is 1. The van der Waals surface area contributed by atoms with Crippen molar-refractivity contribution in [2.75, 3.05) is 13.1 Å². The third-order valence-corrected chi connectivity index (χ3v) is 1.34. The Balaban J connectivity index is 3.96. The highest BCUT2D eigenvalue weighted by Crippen LogP contribution is 1.89. The van der Waals surface area contributed by atoms with Crippen molar-refractivity contribution >= 4 is 6.03 Å². The molecule has 0 aliphatic rings. The monoisotopic (exact) mass is 169 g/mol. The minimum absolute atomic E-state index is 0.116. The molecule has 0 fully saturated rings. The maximum absolute atomic E-state index is 11.2. The van der Waals surface area contributed by atoms with E-state index in [1.165, 1.54) is 4.90 Å². The third-order valence-electron chi connectivity index (χ3n) is 1.34. The molecule has 0 bridgehead atoms. The van der Waals surface area contributed by atoms with E-state index < -0.39 is 0 Å². The summed E-state index contributed by atoms with van der Waals surface area (Å²) in [7, 11) is 0. The second-order valence-electron chi connectivity index (χ2n) is 2.78. The molecule has 0 aromatic carbocycles. The summed E-state index contributed by atoms with van der Waals surface area (Å²) < 4.78 is 0. The molecule has 68 valence electrons. The van der Waals surface area contributed by atoms with Crippen LogP contribution in [0.15, 0.2) is 0 Å². The van der Waals surface area contributed by atoms with Crippen LogP contribution in [-0.4, -0.2) is 30.1 Å². The molecule has 0 spiro atoms. The highest BCUT2D eigenvalue weighted by atomic mass is 16.2. The molecule has 0 saturated heterocycles. The Bertz CT molecular complexity index is 183. The summed E-state index contributed by atoms with van der Waals surface area (Å²) in [5.41, 5.74) is 0. The zero-order valence-electron chi connectivity index (χ0n) is 7.79. The number of carbonyl (C=O) groups excluding carboxylic acids is 1. The number of nitrogens with one attached hydrogen (secondary N) is 1. The van der Waals surface area contributed by atoms with Crippen LogP contribution < -0.4 is 5.32 Å². The van der Waals surface area contributed by atoms with Gasteiger partial charge in [0.2, 0.25) is 0 Å². The van der Waals surface area contributed by atoms with Gasteiger partial charge in [-0.1, -0.05) is 0 Å². The van der Waals surface area contributed by atoms with Gasteiger partial charge < -0.3 is 10.2 Å². The quantitative estimate of drug-likeness (QED) is 0.639. The Kier molecular flexibility index (Phi) is 4.86. The van der Waals surface area contributed by atoms with Crippen LogP contribution in [0.1, 0.15) is 20.8 Å². The maximum Gasteiger partial charge on any atom is 0.318 e. The molecule has 0 heterocycles. The van der Waals surface area contributed by atoms with Gasteiger partial charge in [-0.05, 0) is 20.8 Å². The molecule has 0 aromatic heterocycles. The van der Waals surface area contributed by atoms with Crippen molar-refractivity contribution in [3.05, 3.63) is 0 Å². The van der Waals surface area contributed by atoms with Crippen LogP contribution in [0.5, 0.6) is 0 Å². The first-order chi connectivity index (χ1) is 5.61. The molecular formula is C8H15N3O. The van der Waals surface area contributed by atoms with Gasteiger partial charge in [-0.25, -0.2) is 4.79 Å². The van der Waals surface area contributed by atoms with Crippen molar-refractivity contribution in [2.24, 2.45) is 0 Å². The van der Waals surface area contributed by atoms with Gasteiger partial charge in [0.05, 0.1) is 6.07 Å². The molecular weight excluding hydrogens is 154 g/mol. The van der Waals surface area contributed by atoms with Crippen LogP contribution in [0.3, 0.4) is 0 Å². The zero-order valence-corrected chi connectivity index (χ0v) is 7.79. The van der Waals surface area contributed by atoms with Crippen molar-refractivity contribution in [3.8, 4) is 6.07 Å². The van der Waals surface area contributed by atoms with E-state index in [1.54, 1.807) is 0 Å². The van der Waals surface area contributed by atoms with Crippen LogP contribution in [0.4, 0.5) is 4.79 Å². The molecule has 0 unspecified atom stereocenters. The number of hydrogen-bond acceptors (Lipinski definition) is 2. The number of amides is 2. The van der Waals surface area contributed by atoms with E-state index in [1.807, 2.05) is 26.8 Å². The summed E-state index contributed by atoms with van der Waals surface area (Å²) in [6.45, 7) is 6.33. The molecule has 0 rings (SSSR count). The lowest BCUT2D eigenvalue weighted by atomic mass is 10.4. The van der Waals surface area contributed by atoms with Gasteiger partial charge in [-0.2, -0.15) is 5.26 Å². The van der Waals surface area contributed by atoms with E-state index in [2.05, 4.69) is 5.32 Å². The molecule has 0 aliphatic heterocycles. The highest BCUT2D eigenvalue weighted by molar-refractivity contribution is 5.74. The number of urea groups is 1. The number of rotatable bonds is 3. The predicted molar refractivity (Wildman–Crippen MR) is 46.5 cm³/mol. The molecule has 2 amide bonds. The fourth-order valence-electron chi connectivity index (χ4n) is 0.751. The molecule has 0 saturated carbocycles. The normalized spacial score (nSPS) is 9.25. The minimum atomic E-state index is -0.172. The topological polar surface area (TPSA) is 56.1 Å². The van der Waals surface area contributed by atoms with Gasteiger partial charge in [0.15, 0.2) is 0 Å². The lowest BCUT2D eigenvalue weighted by Gasteiger charge is -2.19. The van der Waals surface area contributed by atoms with Crippen LogP contribution in [0, 0.1) is 11.3 Å². The van der Waals surface area contributed by atoms with Gasteiger partial charge in [-0.3, -0.25) is 0 Å². The minimum Gasteiger partial charge on any atom is -0.336 e. The van der Waals surface area contributed by atoms with Gasteiger partial charge in [-0.15, -0.1) is 0 Å². The fourth-order valence-corrected chi connectivity index (χ4v) is 0.751. The van der Waals surface area contributed by atoms with Gasteiger partial charge in [0.25, 0.3) is 0 Å². The Morgan fingerprint density at radius 2 is 2.25 bits per heavy atom. The van der Waals surface area contributed by atoms with Gasteiger partial charge in [0.1, 0.15) is 6.54 Å². The standard InChI is InChI=1S/C8H15N3O/c1-4-11(6-5-9)8(12)10-7(2)3/h7H,4,6H2,1-3H3,(H,10,12). The number of nitrogens with zero attached hydrogens (tertiary/aromatic N) is 2. The molecule has 0 radical (unpaired) electrons. The predicted octanol–water partition coefficient (Wildman–Crippen LogP) is 0.950. The Morgan fingerprint density at radius 1 is 1.67 bits per heavy atom. The van der Waals surface area contributed by atoms with Crippen LogP contribution >= 0.6 is 0 Å². The van der Waals surface area contributed by atoms with Crippen molar-refractivity contribution in [3.63, 3.8) is 0 Å². The molecule has 0 aromatic rings.